The van der Waals surface area contributed by atoms with E-state index < -0.39 is 11.5 Å². The highest BCUT2D eigenvalue weighted by atomic mass is 19.1. The Bertz CT molecular complexity index is 420. The van der Waals surface area contributed by atoms with E-state index in [1.165, 1.54) is 12.1 Å². The van der Waals surface area contributed by atoms with E-state index in [0.29, 0.717) is 18.0 Å². The summed E-state index contributed by atoms with van der Waals surface area (Å²) in [5.74, 6) is -0.910. The van der Waals surface area contributed by atoms with Gasteiger partial charge in [-0.05, 0) is 37.1 Å². The van der Waals surface area contributed by atoms with E-state index in [4.69, 9.17) is 0 Å². The Labute approximate surface area is 107 Å². The minimum atomic E-state index is -1.07. The van der Waals surface area contributed by atoms with Gasteiger partial charge < -0.3 is 10.4 Å². The Hall–Kier alpha value is -1.42. The first-order valence-electron chi connectivity index (χ1n) is 6.06. The third kappa shape index (κ3) is 4.11. The van der Waals surface area contributed by atoms with Crippen molar-refractivity contribution >= 4 is 5.97 Å². The van der Waals surface area contributed by atoms with Gasteiger partial charge in [-0.15, -0.1) is 0 Å². The molecule has 4 heteroatoms. The summed E-state index contributed by atoms with van der Waals surface area (Å²) in [5, 5.41) is 12.4. The maximum Gasteiger partial charge on any atom is 0.323 e. The van der Waals surface area contributed by atoms with E-state index in [1.807, 2.05) is 13.8 Å². The minimum Gasteiger partial charge on any atom is -0.480 e. The van der Waals surface area contributed by atoms with E-state index in [9.17, 15) is 14.3 Å². The van der Waals surface area contributed by atoms with Crippen molar-refractivity contribution in [1.82, 2.24) is 5.32 Å². The van der Waals surface area contributed by atoms with E-state index in [1.54, 1.807) is 19.1 Å². The number of hydrogen-bond acceptors (Lipinski definition) is 2. The fraction of sp³-hybridized carbons (Fsp3) is 0.500. The van der Waals surface area contributed by atoms with Crippen LogP contribution in [0.4, 0.5) is 4.39 Å². The van der Waals surface area contributed by atoms with Crippen LogP contribution in [0.15, 0.2) is 24.3 Å². The molecule has 0 amide bonds. The van der Waals surface area contributed by atoms with Crippen molar-refractivity contribution in [3.8, 4) is 0 Å². The molecule has 100 valence electrons. The highest BCUT2D eigenvalue weighted by molar-refractivity contribution is 5.78. The van der Waals surface area contributed by atoms with Gasteiger partial charge in [0.1, 0.15) is 11.4 Å². The lowest BCUT2D eigenvalue weighted by atomic mass is 9.92. The van der Waals surface area contributed by atoms with Gasteiger partial charge in [0, 0.05) is 6.42 Å². The highest BCUT2D eigenvalue weighted by Gasteiger charge is 2.32. The predicted molar refractivity (Wildman–Crippen MR) is 69.0 cm³/mol. The normalized spacial score (nSPS) is 14.5. The summed E-state index contributed by atoms with van der Waals surface area (Å²) in [6.45, 7) is 6.26. The van der Waals surface area contributed by atoms with Gasteiger partial charge in [-0.3, -0.25) is 4.79 Å². The smallest absolute Gasteiger partial charge is 0.323 e. The summed E-state index contributed by atoms with van der Waals surface area (Å²) >= 11 is 0. The first-order chi connectivity index (χ1) is 8.33. The maximum atomic E-state index is 13.1. The summed E-state index contributed by atoms with van der Waals surface area (Å²) in [4.78, 5) is 11.4. The van der Waals surface area contributed by atoms with Crippen LogP contribution >= 0.6 is 0 Å². The fourth-order valence-electron chi connectivity index (χ4n) is 1.70. The molecule has 0 radical (unpaired) electrons. The number of aliphatic carboxylic acids is 1. The average Bonchev–Trinajstić information content (AvgIpc) is 2.26. The molecule has 0 fully saturated rings. The number of halogens is 1. The lowest BCUT2D eigenvalue weighted by molar-refractivity contribution is -0.144. The minimum absolute atomic E-state index is 0.257. The van der Waals surface area contributed by atoms with Crippen LogP contribution in [0.3, 0.4) is 0 Å². The zero-order chi connectivity index (χ0) is 13.8. The second-order valence-corrected chi connectivity index (χ2v) is 5.22. The molecule has 1 atom stereocenters. The molecule has 0 aromatic heterocycles. The Morgan fingerprint density at radius 2 is 2.17 bits per heavy atom. The summed E-state index contributed by atoms with van der Waals surface area (Å²) < 4.78 is 13.1. The van der Waals surface area contributed by atoms with E-state index >= 15 is 0 Å². The number of carboxylic acid groups (broad SMARTS) is 1. The molecule has 0 bridgehead atoms. The third-order valence-electron chi connectivity index (χ3n) is 2.82. The molecule has 1 aromatic carbocycles. The Morgan fingerprint density at radius 1 is 1.50 bits per heavy atom. The first-order valence-corrected chi connectivity index (χ1v) is 6.06. The first kappa shape index (κ1) is 14.6. The van der Waals surface area contributed by atoms with Crippen molar-refractivity contribution in [3.05, 3.63) is 35.6 Å². The quantitative estimate of drug-likeness (QED) is 0.818. The molecule has 1 rings (SSSR count). The van der Waals surface area contributed by atoms with Crippen LogP contribution in [-0.4, -0.2) is 23.2 Å². The standard InChI is InChI=1S/C14H20FNO2/c1-10(2)9-16-14(3,13(17)18)8-11-5-4-6-12(15)7-11/h4-7,10,16H,8-9H2,1-3H3,(H,17,18). The summed E-state index contributed by atoms with van der Waals surface area (Å²) in [7, 11) is 0. The zero-order valence-corrected chi connectivity index (χ0v) is 11.0. The molecular formula is C14H20FNO2. The predicted octanol–water partition coefficient (Wildman–Crippen LogP) is 2.46. The molecule has 0 spiro atoms. The number of rotatable bonds is 6. The molecule has 0 aliphatic rings. The average molecular weight is 253 g/mol. The highest BCUT2D eigenvalue weighted by Crippen LogP contribution is 2.15. The van der Waals surface area contributed by atoms with Crippen LogP contribution in [0.25, 0.3) is 0 Å². The Kier molecular flexibility index (Phi) is 4.84. The van der Waals surface area contributed by atoms with Crippen LogP contribution in [0.2, 0.25) is 0 Å². The molecule has 3 nitrogen and oxygen atoms in total. The molecule has 1 aromatic rings. The van der Waals surface area contributed by atoms with Crippen molar-refractivity contribution < 1.29 is 14.3 Å². The second kappa shape index (κ2) is 5.96. The van der Waals surface area contributed by atoms with Gasteiger partial charge in [-0.1, -0.05) is 26.0 Å². The maximum absolute atomic E-state index is 13.1. The number of carbonyl (C=O) groups is 1. The molecule has 0 saturated heterocycles. The molecule has 0 aliphatic heterocycles. The third-order valence-corrected chi connectivity index (χ3v) is 2.82. The van der Waals surface area contributed by atoms with Gasteiger partial charge in [0.2, 0.25) is 0 Å². The number of carboxylic acids is 1. The molecule has 0 heterocycles. The van der Waals surface area contributed by atoms with E-state index in [-0.39, 0.29) is 12.2 Å². The number of benzene rings is 1. The van der Waals surface area contributed by atoms with Crippen LogP contribution in [-0.2, 0) is 11.2 Å². The monoisotopic (exact) mass is 253 g/mol. The molecular weight excluding hydrogens is 233 g/mol. The van der Waals surface area contributed by atoms with Gasteiger partial charge >= 0.3 is 5.97 Å². The van der Waals surface area contributed by atoms with Gasteiger partial charge in [-0.25, -0.2) is 4.39 Å². The summed E-state index contributed by atoms with van der Waals surface area (Å²) in [5.41, 5.74) is -0.394. The summed E-state index contributed by atoms with van der Waals surface area (Å²) in [6.07, 6.45) is 0.257. The van der Waals surface area contributed by atoms with Gasteiger partial charge in [-0.2, -0.15) is 0 Å². The van der Waals surface area contributed by atoms with Crippen LogP contribution in [0.5, 0.6) is 0 Å². The van der Waals surface area contributed by atoms with Crippen molar-refractivity contribution in [3.63, 3.8) is 0 Å². The van der Waals surface area contributed by atoms with E-state index in [0.717, 1.165) is 0 Å². The second-order valence-electron chi connectivity index (χ2n) is 5.22. The van der Waals surface area contributed by atoms with Crippen LogP contribution in [0.1, 0.15) is 26.3 Å². The van der Waals surface area contributed by atoms with Gasteiger partial charge in [0.15, 0.2) is 0 Å². The summed E-state index contributed by atoms with van der Waals surface area (Å²) in [6, 6.07) is 6.05. The zero-order valence-electron chi connectivity index (χ0n) is 11.0. The SMILES string of the molecule is CC(C)CNC(C)(Cc1cccc(F)c1)C(=O)O. The largest absolute Gasteiger partial charge is 0.480 e. The van der Waals surface area contributed by atoms with Crippen molar-refractivity contribution in [2.45, 2.75) is 32.7 Å². The Balaban J connectivity index is 2.82. The number of hydrogen-bond donors (Lipinski definition) is 2. The molecule has 18 heavy (non-hydrogen) atoms. The lowest BCUT2D eigenvalue weighted by Gasteiger charge is -2.27. The van der Waals surface area contributed by atoms with E-state index in [2.05, 4.69) is 5.32 Å². The van der Waals surface area contributed by atoms with Gasteiger partial charge in [0.05, 0.1) is 0 Å². The fourth-order valence-corrected chi connectivity index (χ4v) is 1.70. The molecule has 0 saturated carbocycles. The lowest BCUT2D eigenvalue weighted by Crippen LogP contribution is -2.52. The molecule has 1 unspecified atom stereocenters. The molecule has 2 N–H and O–H groups in total. The van der Waals surface area contributed by atoms with Crippen molar-refractivity contribution in [2.75, 3.05) is 6.54 Å². The molecule has 0 aliphatic carbocycles. The topological polar surface area (TPSA) is 49.3 Å². The van der Waals surface area contributed by atoms with Crippen molar-refractivity contribution in [1.29, 1.82) is 0 Å². The number of nitrogens with one attached hydrogen (secondary N) is 1. The Morgan fingerprint density at radius 3 is 2.67 bits per heavy atom. The van der Waals surface area contributed by atoms with Crippen LogP contribution < -0.4 is 5.32 Å². The van der Waals surface area contributed by atoms with Crippen molar-refractivity contribution in [2.24, 2.45) is 5.92 Å². The van der Waals surface area contributed by atoms with Gasteiger partial charge in [0.25, 0.3) is 0 Å². The van der Waals surface area contributed by atoms with Crippen LogP contribution in [0, 0.1) is 11.7 Å².